The maximum atomic E-state index is 13.0. The van der Waals surface area contributed by atoms with Gasteiger partial charge in [-0.3, -0.25) is 14.4 Å². The Hall–Kier alpha value is -2.98. The molecule has 2 rings (SSSR count). The number of Topliss-reactive ketones (excluding diaryl/α,β-unsaturated/α-hetero) is 1. The van der Waals surface area contributed by atoms with E-state index < -0.39 is 48.4 Å². The van der Waals surface area contributed by atoms with Gasteiger partial charge in [0.25, 0.3) is 11.7 Å². The maximum Gasteiger partial charge on any atom is 0.452 e. The Balaban J connectivity index is 2.26. The number of alkyl halides is 3. The third-order valence-electron chi connectivity index (χ3n) is 4.73. The van der Waals surface area contributed by atoms with Crippen LogP contribution in [-0.2, 0) is 14.4 Å². The Labute approximate surface area is 209 Å². The van der Waals surface area contributed by atoms with Crippen molar-refractivity contribution in [3.05, 3.63) is 58.1 Å². The van der Waals surface area contributed by atoms with Crippen molar-refractivity contribution in [2.75, 3.05) is 13.7 Å². The number of ether oxygens (including phenoxy) is 2. The number of hydrogen-bond donors (Lipinski definition) is 2. The first kappa shape index (κ1) is 28.3. The third-order valence-corrected chi connectivity index (χ3v) is 5.16. The molecule has 35 heavy (non-hydrogen) atoms. The second-order valence-electron chi connectivity index (χ2n) is 7.76. The van der Waals surface area contributed by atoms with Gasteiger partial charge in [-0.25, -0.2) is 0 Å². The number of ketones is 1. The van der Waals surface area contributed by atoms with Crippen LogP contribution in [0.25, 0.3) is 0 Å². The number of methoxy groups -OCH3 is 1. The normalized spacial score (nSPS) is 13.1. The van der Waals surface area contributed by atoms with Crippen LogP contribution < -0.4 is 20.1 Å². The molecule has 7 nitrogen and oxygen atoms in total. The molecule has 0 aliphatic heterocycles. The van der Waals surface area contributed by atoms with E-state index in [0.29, 0.717) is 5.75 Å². The number of rotatable bonds is 10. The molecule has 0 aromatic heterocycles. The molecule has 0 spiro atoms. The lowest BCUT2D eigenvalue weighted by Crippen LogP contribution is -2.53. The fourth-order valence-electron chi connectivity index (χ4n) is 3.03. The summed E-state index contributed by atoms with van der Waals surface area (Å²) in [6, 6.07) is 7.02. The van der Waals surface area contributed by atoms with Crippen LogP contribution in [0.15, 0.2) is 42.5 Å². The van der Waals surface area contributed by atoms with Gasteiger partial charge < -0.3 is 20.1 Å². The van der Waals surface area contributed by atoms with E-state index in [4.69, 9.17) is 32.7 Å². The average Bonchev–Trinajstić information content (AvgIpc) is 2.77. The summed E-state index contributed by atoms with van der Waals surface area (Å²) in [5.41, 5.74) is 0.211. The number of hydrogen-bond acceptors (Lipinski definition) is 5. The molecule has 0 aliphatic carbocycles. The molecule has 0 saturated carbocycles. The minimum Gasteiger partial charge on any atom is -0.497 e. The third kappa shape index (κ3) is 8.32. The lowest BCUT2D eigenvalue weighted by atomic mass is 9.98. The summed E-state index contributed by atoms with van der Waals surface area (Å²) in [5.74, 6) is -4.23. The number of carbonyl (C=O) groups excluding carboxylic acids is 3. The Morgan fingerprint density at radius 3 is 2.14 bits per heavy atom. The molecule has 12 heteroatoms. The van der Waals surface area contributed by atoms with E-state index in [-0.39, 0.29) is 21.4 Å². The van der Waals surface area contributed by atoms with Gasteiger partial charge in [0.15, 0.2) is 6.61 Å². The van der Waals surface area contributed by atoms with Crippen LogP contribution in [0.2, 0.25) is 10.0 Å². The van der Waals surface area contributed by atoms with Crippen LogP contribution in [0.4, 0.5) is 13.2 Å². The van der Waals surface area contributed by atoms with Gasteiger partial charge in [-0.15, -0.1) is 0 Å². The topological polar surface area (TPSA) is 93.7 Å². The van der Waals surface area contributed by atoms with Gasteiger partial charge >= 0.3 is 6.18 Å². The summed E-state index contributed by atoms with van der Waals surface area (Å²) in [7, 11) is 1.38. The van der Waals surface area contributed by atoms with Crippen LogP contribution in [-0.4, -0.2) is 43.5 Å². The predicted molar refractivity (Wildman–Crippen MR) is 124 cm³/mol. The highest BCUT2D eigenvalue weighted by atomic mass is 35.5. The highest BCUT2D eigenvalue weighted by molar-refractivity contribution is 6.34. The molecule has 0 bridgehead atoms. The van der Waals surface area contributed by atoms with Gasteiger partial charge in [0.2, 0.25) is 5.91 Å². The van der Waals surface area contributed by atoms with E-state index in [0.717, 1.165) is 0 Å². The van der Waals surface area contributed by atoms with E-state index in [1.54, 1.807) is 6.07 Å². The van der Waals surface area contributed by atoms with Gasteiger partial charge in [-0.1, -0.05) is 49.2 Å². The van der Waals surface area contributed by atoms with Gasteiger partial charge in [0.05, 0.1) is 13.2 Å². The Bertz CT molecular complexity index is 1060. The number of nitrogens with one attached hydrogen (secondary N) is 2. The molecule has 2 N–H and O–H groups in total. The molecule has 0 heterocycles. The lowest BCUT2D eigenvalue weighted by molar-refractivity contribution is -0.175. The van der Waals surface area contributed by atoms with Crippen LogP contribution in [0.5, 0.6) is 11.5 Å². The number of carbonyl (C=O) groups is 3. The predicted octanol–water partition coefficient (Wildman–Crippen LogP) is 4.51. The van der Waals surface area contributed by atoms with Crippen LogP contribution in [0, 0.1) is 5.92 Å². The van der Waals surface area contributed by atoms with E-state index in [2.05, 4.69) is 10.6 Å². The standard InChI is InChI=1S/C23H23Cl2F3N2O5/c1-12(2)19(21(32)23(26,27)28)30-22(33)20(13-5-4-6-16(7-13)34-3)29-18(31)11-35-17-9-14(24)8-15(25)10-17/h4-10,12,19-20H,11H2,1-3H3,(H,29,31)(H,30,33)/t19-,20?/m0/s1. The summed E-state index contributed by atoms with van der Waals surface area (Å²) in [5, 5.41) is 5.08. The molecule has 1 unspecified atom stereocenters. The van der Waals surface area contributed by atoms with Crippen molar-refractivity contribution in [3.8, 4) is 11.5 Å². The van der Waals surface area contributed by atoms with Gasteiger partial charge in [-0.2, -0.15) is 13.2 Å². The summed E-state index contributed by atoms with van der Waals surface area (Å²) in [6.45, 7) is 2.16. The Kier molecular flexibility index (Phi) is 9.79. The molecule has 0 saturated heterocycles. The first-order valence-corrected chi connectivity index (χ1v) is 11.0. The molecule has 0 fully saturated rings. The minimum absolute atomic E-state index is 0.190. The van der Waals surface area contributed by atoms with Crippen molar-refractivity contribution in [2.24, 2.45) is 5.92 Å². The first-order valence-electron chi connectivity index (χ1n) is 10.3. The highest BCUT2D eigenvalue weighted by Gasteiger charge is 2.45. The molecule has 2 aromatic rings. The molecule has 2 atom stereocenters. The zero-order chi connectivity index (χ0) is 26.3. The second kappa shape index (κ2) is 12.1. The Morgan fingerprint density at radius 2 is 1.60 bits per heavy atom. The van der Waals surface area contributed by atoms with Crippen molar-refractivity contribution in [1.82, 2.24) is 10.6 Å². The van der Waals surface area contributed by atoms with E-state index in [1.165, 1.54) is 57.4 Å². The molecule has 2 amide bonds. The number of benzene rings is 2. The van der Waals surface area contributed by atoms with Crippen LogP contribution in [0.1, 0.15) is 25.5 Å². The summed E-state index contributed by atoms with van der Waals surface area (Å²) in [4.78, 5) is 37.5. The van der Waals surface area contributed by atoms with Gasteiger partial charge in [0.1, 0.15) is 17.5 Å². The second-order valence-corrected chi connectivity index (χ2v) is 8.64. The van der Waals surface area contributed by atoms with E-state index in [1.807, 2.05) is 0 Å². The van der Waals surface area contributed by atoms with Crippen LogP contribution in [0.3, 0.4) is 0 Å². The highest BCUT2D eigenvalue weighted by Crippen LogP contribution is 2.25. The Morgan fingerprint density at radius 1 is 0.971 bits per heavy atom. The van der Waals surface area contributed by atoms with Crippen LogP contribution >= 0.6 is 23.2 Å². The van der Waals surface area contributed by atoms with Gasteiger partial charge in [0, 0.05) is 10.0 Å². The fourth-order valence-corrected chi connectivity index (χ4v) is 3.54. The fraction of sp³-hybridized carbons (Fsp3) is 0.348. The molecule has 0 radical (unpaired) electrons. The number of halogens is 5. The van der Waals surface area contributed by atoms with Crippen molar-refractivity contribution in [3.63, 3.8) is 0 Å². The molecule has 0 aliphatic rings. The molecule has 190 valence electrons. The summed E-state index contributed by atoms with van der Waals surface area (Å²) >= 11 is 11.8. The van der Waals surface area contributed by atoms with E-state index >= 15 is 0 Å². The smallest absolute Gasteiger partial charge is 0.452 e. The minimum atomic E-state index is -5.15. The maximum absolute atomic E-state index is 13.0. The average molecular weight is 535 g/mol. The summed E-state index contributed by atoms with van der Waals surface area (Å²) in [6.07, 6.45) is -5.15. The SMILES string of the molecule is COc1cccc(C(NC(=O)COc2cc(Cl)cc(Cl)c2)C(=O)N[C@H](C(=O)C(F)(F)F)C(C)C)c1. The lowest BCUT2D eigenvalue weighted by Gasteiger charge is -2.26. The molecular formula is C23H23Cl2F3N2O5. The zero-order valence-corrected chi connectivity index (χ0v) is 20.4. The zero-order valence-electron chi connectivity index (χ0n) is 18.9. The quantitative estimate of drug-likeness (QED) is 0.467. The van der Waals surface area contributed by atoms with Crippen molar-refractivity contribution < 1.29 is 37.0 Å². The van der Waals surface area contributed by atoms with Crippen molar-refractivity contribution in [1.29, 1.82) is 0 Å². The summed E-state index contributed by atoms with van der Waals surface area (Å²) < 4.78 is 49.6. The largest absolute Gasteiger partial charge is 0.497 e. The first-order chi connectivity index (χ1) is 16.3. The number of amides is 2. The van der Waals surface area contributed by atoms with Crippen molar-refractivity contribution in [2.45, 2.75) is 32.1 Å². The van der Waals surface area contributed by atoms with Crippen molar-refractivity contribution >= 4 is 40.8 Å². The van der Waals surface area contributed by atoms with Gasteiger partial charge in [-0.05, 0) is 41.8 Å². The molecule has 2 aromatic carbocycles. The molecular weight excluding hydrogens is 512 g/mol. The van der Waals surface area contributed by atoms with E-state index in [9.17, 15) is 27.6 Å². The monoisotopic (exact) mass is 534 g/mol.